The largest absolute Gasteiger partial charge is 0.462 e. The summed E-state index contributed by atoms with van der Waals surface area (Å²) in [5, 5.41) is 0. The molecule has 0 saturated heterocycles. The summed E-state index contributed by atoms with van der Waals surface area (Å²) in [6, 6.07) is 0. The van der Waals surface area contributed by atoms with E-state index >= 15 is 0 Å². The zero-order chi connectivity index (χ0) is 57.1. The molecule has 1 atom stereocenters. The Hall–Kier alpha value is -4.97. The van der Waals surface area contributed by atoms with E-state index in [1.54, 1.807) is 0 Å². The van der Waals surface area contributed by atoms with Crippen LogP contribution in [-0.4, -0.2) is 37.2 Å². The molecule has 6 nitrogen and oxygen atoms in total. The lowest BCUT2D eigenvalue weighted by molar-refractivity contribution is -0.167. The van der Waals surface area contributed by atoms with E-state index in [1.807, 2.05) is 0 Å². The van der Waals surface area contributed by atoms with Crippen molar-refractivity contribution in [2.45, 2.75) is 271 Å². The Morgan fingerprint density at radius 1 is 0.266 bits per heavy atom. The monoisotopic (exact) mass is 1090 g/mol. The molecule has 0 saturated carbocycles. The molecular formula is C73H116O6. The van der Waals surface area contributed by atoms with Crippen LogP contribution in [0.25, 0.3) is 0 Å². The maximum atomic E-state index is 12.9. The first kappa shape index (κ1) is 74.0. The predicted octanol–water partition coefficient (Wildman–Crippen LogP) is 22.1. The van der Waals surface area contributed by atoms with E-state index in [1.165, 1.54) is 64.2 Å². The summed E-state index contributed by atoms with van der Waals surface area (Å²) < 4.78 is 16.9. The Morgan fingerprint density at radius 2 is 0.494 bits per heavy atom. The van der Waals surface area contributed by atoms with E-state index in [4.69, 9.17) is 14.2 Å². The molecular weight excluding hydrogens is 973 g/mol. The Balaban J connectivity index is 4.36. The second-order valence-electron chi connectivity index (χ2n) is 20.5. The van der Waals surface area contributed by atoms with Crippen LogP contribution in [-0.2, 0) is 28.6 Å². The maximum Gasteiger partial charge on any atom is 0.306 e. The van der Waals surface area contributed by atoms with Gasteiger partial charge < -0.3 is 14.2 Å². The molecule has 0 aromatic rings. The van der Waals surface area contributed by atoms with Crippen LogP contribution >= 0.6 is 0 Å². The van der Waals surface area contributed by atoms with Gasteiger partial charge in [-0.3, -0.25) is 14.4 Å². The first-order valence-electron chi connectivity index (χ1n) is 32.0. The Morgan fingerprint density at radius 3 is 0.797 bits per heavy atom. The van der Waals surface area contributed by atoms with E-state index in [9.17, 15) is 14.4 Å². The highest BCUT2D eigenvalue weighted by Gasteiger charge is 2.19. The van der Waals surface area contributed by atoms with Gasteiger partial charge in [0.15, 0.2) is 6.10 Å². The number of unbranched alkanes of at least 4 members (excludes halogenated alkanes) is 19. The van der Waals surface area contributed by atoms with E-state index in [2.05, 4.69) is 179 Å². The molecule has 0 spiro atoms. The number of carbonyl (C=O) groups is 3. The Labute approximate surface area is 486 Å². The van der Waals surface area contributed by atoms with Crippen molar-refractivity contribution in [2.24, 2.45) is 0 Å². The van der Waals surface area contributed by atoms with E-state index in [0.717, 1.165) is 154 Å². The van der Waals surface area contributed by atoms with Crippen molar-refractivity contribution >= 4 is 17.9 Å². The maximum absolute atomic E-state index is 12.9. The van der Waals surface area contributed by atoms with Gasteiger partial charge >= 0.3 is 17.9 Å². The average Bonchev–Trinajstić information content (AvgIpc) is 3.45. The van der Waals surface area contributed by atoms with Crippen molar-refractivity contribution in [1.82, 2.24) is 0 Å². The SMILES string of the molecule is CC/C=C\C/C=C\C/C=C\C/C=C\C/C=C\C/C=C\C/C=C\CCCCCCCCCCCC(=O)OCC(COC(=O)CCCCCCC/C=C\C/C=C\CCCCC)OC(=O)CCCC/C=C\C/C=C\C/C=C\C/C=C\CC. The fourth-order valence-corrected chi connectivity index (χ4v) is 8.27. The molecule has 79 heavy (non-hydrogen) atoms. The second-order valence-corrected chi connectivity index (χ2v) is 20.5. The minimum atomic E-state index is -0.816. The fraction of sp³-hybridized carbons (Fsp3) is 0.603. The molecule has 0 rings (SSSR count). The molecule has 0 heterocycles. The molecule has 6 heteroatoms. The van der Waals surface area contributed by atoms with Crippen molar-refractivity contribution in [2.75, 3.05) is 13.2 Å². The molecule has 1 unspecified atom stereocenters. The summed E-state index contributed by atoms with van der Waals surface area (Å²) in [6.07, 6.45) is 95.4. The lowest BCUT2D eigenvalue weighted by atomic mass is 10.1. The van der Waals surface area contributed by atoms with Gasteiger partial charge in [0.2, 0.25) is 0 Å². The van der Waals surface area contributed by atoms with Gasteiger partial charge in [-0.25, -0.2) is 0 Å². The number of ether oxygens (including phenoxy) is 3. The molecule has 0 aromatic heterocycles. The third kappa shape index (κ3) is 63.7. The van der Waals surface area contributed by atoms with E-state index in [0.29, 0.717) is 19.3 Å². The van der Waals surface area contributed by atoms with Crippen LogP contribution < -0.4 is 0 Å². The zero-order valence-electron chi connectivity index (χ0n) is 50.8. The number of allylic oxidation sites excluding steroid dienone is 26. The van der Waals surface area contributed by atoms with Crippen molar-refractivity contribution in [3.8, 4) is 0 Å². The van der Waals surface area contributed by atoms with E-state index < -0.39 is 6.10 Å². The number of hydrogen-bond acceptors (Lipinski definition) is 6. The number of carbonyl (C=O) groups excluding carboxylic acids is 3. The highest BCUT2D eigenvalue weighted by Crippen LogP contribution is 2.14. The van der Waals surface area contributed by atoms with Gasteiger partial charge in [0, 0.05) is 19.3 Å². The quantitative estimate of drug-likeness (QED) is 0.0261. The minimum Gasteiger partial charge on any atom is -0.462 e. The molecule has 0 radical (unpaired) electrons. The topological polar surface area (TPSA) is 78.9 Å². The summed E-state index contributed by atoms with van der Waals surface area (Å²) in [7, 11) is 0. The van der Waals surface area contributed by atoms with Crippen LogP contribution in [0.5, 0.6) is 0 Å². The Bertz CT molecular complexity index is 1780. The molecule has 0 fully saturated rings. The number of esters is 3. The van der Waals surface area contributed by atoms with Gasteiger partial charge in [-0.2, -0.15) is 0 Å². The predicted molar refractivity (Wildman–Crippen MR) is 343 cm³/mol. The third-order valence-corrected chi connectivity index (χ3v) is 13.0. The minimum absolute atomic E-state index is 0.108. The van der Waals surface area contributed by atoms with Crippen LogP contribution in [0.15, 0.2) is 158 Å². The van der Waals surface area contributed by atoms with Crippen LogP contribution in [0.1, 0.15) is 265 Å². The average molecular weight is 1090 g/mol. The summed E-state index contributed by atoms with van der Waals surface area (Å²) >= 11 is 0. The van der Waals surface area contributed by atoms with Gasteiger partial charge in [0.05, 0.1) is 0 Å². The van der Waals surface area contributed by atoms with Crippen LogP contribution in [0.4, 0.5) is 0 Å². The first-order valence-corrected chi connectivity index (χ1v) is 32.0. The summed E-state index contributed by atoms with van der Waals surface area (Å²) in [4.78, 5) is 38.3. The van der Waals surface area contributed by atoms with Crippen molar-refractivity contribution in [1.29, 1.82) is 0 Å². The van der Waals surface area contributed by atoms with Crippen LogP contribution in [0, 0.1) is 0 Å². The summed E-state index contributed by atoms with van der Waals surface area (Å²) in [6.45, 7) is 6.33. The van der Waals surface area contributed by atoms with Gasteiger partial charge in [0.25, 0.3) is 0 Å². The zero-order valence-corrected chi connectivity index (χ0v) is 50.8. The third-order valence-electron chi connectivity index (χ3n) is 13.0. The molecule has 444 valence electrons. The van der Waals surface area contributed by atoms with E-state index in [-0.39, 0.29) is 37.5 Å². The smallest absolute Gasteiger partial charge is 0.306 e. The lowest BCUT2D eigenvalue weighted by Gasteiger charge is -2.18. The molecule has 0 aliphatic carbocycles. The Kier molecular flexibility index (Phi) is 61.4. The van der Waals surface area contributed by atoms with Crippen molar-refractivity contribution in [3.05, 3.63) is 158 Å². The summed E-state index contributed by atoms with van der Waals surface area (Å²) in [5.74, 6) is -0.973. The van der Waals surface area contributed by atoms with Gasteiger partial charge in [0.1, 0.15) is 13.2 Å². The molecule has 0 amide bonds. The van der Waals surface area contributed by atoms with Gasteiger partial charge in [-0.1, -0.05) is 256 Å². The molecule has 0 aliphatic rings. The van der Waals surface area contributed by atoms with Crippen LogP contribution in [0.3, 0.4) is 0 Å². The summed E-state index contributed by atoms with van der Waals surface area (Å²) in [5.41, 5.74) is 0. The standard InChI is InChI=1S/C73H116O6/c1-4-7-10-13-16-19-22-25-28-29-30-31-32-33-34-35-36-37-38-39-40-41-42-43-46-48-51-54-57-60-63-66-72(75)78-69-70(79-73(76)67-64-61-58-55-52-49-45-27-24-21-18-15-12-9-6-3)68-77-71(74)65-62-59-56-53-50-47-44-26-23-20-17-14-11-8-5-2/h7,9-10,12,16-21,25-28,30-31,33-34,36-37,39-40,44-45,52,55,70H,4-6,8,11,13-15,22-24,29,32,35,38,41-43,46-51,53-54,56-69H2,1-3H3/b10-7-,12-9-,19-16-,20-17-,21-18-,28-25-,31-30-,34-33-,37-36-,40-39-,44-26-,45-27-,55-52-. The number of hydrogen-bond donors (Lipinski definition) is 0. The lowest BCUT2D eigenvalue weighted by Crippen LogP contribution is -2.30. The molecule has 0 aromatic carbocycles. The highest BCUT2D eigenvalue weighted by molar-refractivity contribution is 5.71. The van der Waals surface area contributed by atoms with Crippen molar-refractivity contribution in [3.63, 3.8) is 0 Å². The molecule has 0 N–H and O–H groups in total. The molecule has 0 bridgehead atoms. The second kappa shape index (κ2) is 65.5. The van der Waals surface area contributed by atoms with Crippen molar-refractivity contribution < 1.29 is 28.6 Å². The van der Waals surface area contributed by atoms with Gasteiger partial charge in [-0.05, 0) is 148 Å². The number of rotatable bonds is 56. The fourth-order valence-electron chi connectivity index (χ4n) is 8.27. The highest BCUT2D eigenvalue weighted by atomic mass is 16.6. The van der Waals surface area contributed by atoms with Gasteiger partial charge in [-0.15, -0.1) is 0 Å². The molecule has 0 aliphatic heterocycles. The normalized spacial score (nSPS) is 13.2. The first-order chi connectivity index (χ1) is 39.0. The van der Waals surface area contributed by atoms with Crippen LogP contribution in [0.2, 0.25) is 0 Å².